The molecule has 3 aromatic rings. The van der Waals surface area contributed by atoms with Crippen molar-refractivity contribution >= 4 is 22.9 Å². The van der Waals surface area contributed by atoms with Gasteiger partial charge >= 0.3 is 0 Å². The van der Waals surface area contributed by atoms with Crippen LogP contribution in [0.15, 0.2) is 36.7 Å². The summed E-state index contributed by atoms with van der Waals surface area (Å²) in [5.41, 5.74) is 1.29. The van der Waals surface area contributed by atoms with Gasteiger partial charge in [0.05, 0.1) is 30.6 Å². The fraction of sp³-hybridized carbons (Fsp3) is 0.444. The predicted molar refractivity (Wildman–Crippen MR) is 131 cm³/mol. The van der Waals surface area contributed by atoms with Crippen LogP contribution in [-0.2, 0) is 4.79 Å². The van der Waals surface area contributed by atoms with Gasteiger partial charge in [-0.15, -0.1) is 0 Å². The first-order chi connectivity index (χ1) is 17.4. The van der Waals surface area contributed by atoms with E-state index in [9.17, 15) is 14.0 Å². The third-order valence-corrected chi connectivity index (χ3v) is 7.60. The van der Waals surface area contributed by atoms with Crippen LogP contribution in [0.25, 0.3) is 5.52 Å². The van der Waals surface area contributed by atoms with E-state index < -0.39 is 5.82 Å². The molecule has 1 aromatic carbocycles. The minimum atomic E-state index is -0.539. The Morgan fingerprint density at radius 1 is 1.11 bits per heavy atom. The van der Waals surface area contributed by atoms with Crippen LogP contribution in [0.2, 0.25) is 0 Å². The molecule has 0 spiro atoms. The van der Waals surface area contributed by atoms with E-state index in [4.69, 9.17) is 4.74 Å². The lowest BCUT2D eigenvalue weighted by molar-refractivity contribution is -0.121. The van der Waals surface area contributed by atoms with Crippen LogP contribution in [0.5, 0.6) is 5.75 Å². The molecule has 190 valence electrons. The van der Waals surface area contributed by atoms with Gasteiger partial charge in [-0.05, 0) is 69.7 Å². The summed E-state index contributed by atoms with van der Waals surface area (Å²) in [5, 5.41) is 7.20. The molecule has 2 aliphatic rings. The van der Waals surface area contributed by atoms with Gasteiger partial charge in [0.15, 0.2) is 5.82 Å². The Balaban J connectivity index is 1.43. The lowest BCUT2D eigenvalue weighted by atomic mass is 9.84. The van der Waals surface area contributed by atoms with Gasteiger partial charge in [-0.25, -0.2) is 13.3 Å². The number of Topliss-reactive ketones (excluding diaryl/α,β-unsaturated/α-hetero) is 1. The first kappa shape index (κ1) is 24.2. The van der Waals surface area contributed by atoms with Crippen molar-refractivity contribution in [1.29, 1.82) is 0 Å². The standard InChI is InChI=1S/C27H30F2N4O3/c1-16(34)17-5-8-19(9-6-17)31-27(35)21-15-30-33-13-11-23(25(29)26(21)33)32-12-3-4-22(32)20-14-18(28)7-10-24(20)36-2/h7,10-11,13-15,17,19,22H,3-6,8-9,12H2,1-2H3,(H,31,35). The third kappa shape index (κ3) is 4.42. The zero-order chi connectivity index (χ0) is 25.4. The number of benzene rings is 1. The van der Waals surface area contributed by atoms with Gasteiger partial charge in [0, 0.05) is 30.3 Å². The summed E-state index contributed by atoms with van der Waals surface area (Å²) in [4.78, 5) is 26.7. The van der Waals surface area contributed by atoms with Crippen LogP contribution in [0, 0.1) is 17.6 Å². The van der Waals surface area contributed by atoms with Crippen molar-refractivity contribution in [2.45, 2.75) is 57.5 Å². The molecule has 1 saturated heterocycles. The zero-order valence-electron chi connectivity index (χ0n) is 20.5. The Morgan fingerprint density at radius 3 is 2.61 bits per heavy atom. The molecular weight excluding hydrogens is 466 g/mol. The number of carbonyl (C=O) groups is 2. The molecule has 7 nitrogen and oxygen atoms in total. The highest BCUT2D eigenvalue weighted by Crippen LogP contribution is 2.41. The molecule has 1 aliphatic carbocycles. The van der Waals surface area contributed by atoms with E-state index in [1.165, 1.54) is 30.0 Å². The molecule has 3 heterocycles. The second kappa shape index (κ2) is 9.87. The number of fused-ring (bicyclic) bond motifs is 1. The summed E-state index contributed by atoms with van der Waals surface area (Å²) in [7, 11) is 1.53. The van der Waals surface area contributed by atoms with Gasteiger partial charge in [0.25, 0.3) is 5.91 Å². The number of hydrogen-bond donors (Lipinski definition) is 1. The van der Waals surface area contributed by atoms with Crippen molar-refractivity contribution in [2.75, 3.05) is 18.6 Å². The molecule has 1 amide bonds. The Kier molecular flexibility index (Phi) is 6.64. The molecule has 1 saturated carbocycles. The van der Waals surface area contributed by atoms with Gasteiger partial charge < -0.3 is 15.0 Å². The summed E-state index contributed by atoms with van der Waals surface area (Å²) in [6, 6.07) is 5.70. The number of rotatable bonds is 6. The number of methoxy groups -OCH3 is 1. The van der Waals surface area contributed by atoms with Crippen molar-refractivity contribution in [2.24, 2.45) is 5.92 Å². The molecule has 1 unspecified atom stereocenters. The van der Waals surface area contributed by atoms with E-state index in [-0.39, 0.29) is 46.6 Å². The summed E-state index contributed by atoms with van der Waals surface area (Å²) in [6.07, 6.45) is 7.48. The maximum atomic E-state index is 16.0. The number of halogens is 2. The number of aromatic nitrogens is 2. The Hall–Kier alpha value is -3.49. The molecule has 36 heavy (non-hydrogen) atoms. The highest BCUT2D eigenvalue weighted by molar-refractivity contribution is 6.01. The van der Waals surface area contributed by atoms with E-state index in [2.05, 4.69) is 10.4 Å². The molecule has 1 N–H and O–H groups in total. The smallest absolute Gasteiger partial charge is 0.255 e. The third-order valence-electron chi connectivity index (χ3n) is 7.60. The van der Waals surface area contributed by atoms with Crippen molar-refractivity contribution < 1.29 is 23.1 Å². The van der Waals surface area contributed by atoms with Gasteiger partial charge in [0.2, 0.25) is 0 Å². The number of nitrogens with one attached hydrogen (secondary N) is 1. The lowest BCUT2D eigenvalue weighted by Gasteiger charge is -2.29. The molecule has 2 aromatic heterocycles. The quantitative estimate of drug-likeness (QED) is 0.529. The van der Waals surface area contributed by atoms with E-state index in [0.717, 1.165) is 25.7 Å². The summed E-state index contributed by atoms with van der Waals surface area (Å²) >= 11 is 0. The lowest BCUT2D eigenvalue weighted by Crippen LogP contribution is -2.38. The minimum Gasteiger partial charge on any atom is -0.496 e. The van der Waals surface area contributed by atoms with E-state index in [0.29, 0.717) is 36.4 Å². The van der Waals surface area contributed by atoms with Crippen LogP contribution in [0.3, 0.4) is 0 Å². The van der Waals surface area contributed by atoms with Crippen LogP contribution in [0.1, 0.15) is 67.4 Å². The van der Waals surface area contributed by atoms with Crippen LogP contribution in [-0.4, -0.2) is 41.0 Å². The largest absolute Gasteiger partial charge is 0.496 e. The van der Waals surface area contributed by atoms with E-state index >= 15 is 4.39 Å². The number of amides is 1. The molecule has 9 heteroatoms. The van der Waals surface area contributed by atoms with Crippen LogP contribution in [0.4, 0.5) is 14.5 Å². The Morgan fingerprint density at radius 2 is 1.89 bits per heavy atom. The topological polar surface area (TPSA) is 75.9 Å². The number of ether oxygens (including phenoxy) is 1. The molecule has 1 aliphatic heterocycles. The van der Waals surface area contributed by atoms with E-state index in [1.54, 1.807) is 25.3 Å². The number of nitrogens with zero attached hydrogens (tertiary/aromatic N) is 3. The van der Waals surface area contributed by atoms with Crippen molar-refractivity contribution in [3.8, 4) is 5.75 Å². The van der Waals surface area contributed by atoms with Crippen molar-refractivity contribution in [3.63, 3.8) is 0 Å². The molecule has 0 radical (unpaired) electrons. The van der Waals surface area contributed by atoms with Crippen LogP contribution >= 0.6 is 0 Å². The SMILES string of the molecule is COc1ccc(F)cc1C1CCCN1c1ccn2ncc(C(=O)NC3CCC(C(C)=O)CC3)c2c1F. The van der Waals surface area contributed by atoms with Gasteiger partial charge in [-0.1, -0.05) is 0 Å². The average Bonchev–Trinajstić information content (AvgIpc) is 3.52. The Bertz CT molecular complexity index is 1300. The number of ketones is 1. The monoisotopic (exact) mass is 496 g/mol. The number of anilines is 1. The fourth-order valence-corrected chi connectivity index (χ4v) is 5.67. The summed E-state index contributed by atoms with van der Waals surface area (Å²) in [6.45, 7) is 2.20. The number of hydrogen-bond acceptors (Lipinski definition) is 5. The normalized spacial score (nSPS) is 22.1. The second-order valence-electron chi connectivity index (χ2n) is 9.74. The minimum absolute atomic E-state index is 0.0558. The average molecular weight is 497 g/mol. The molecular formula is C27H30F2N4O3. The maximum absolute atomic E-state index is 16.0. The van der Waals surface area contributed by atoms with Crippen LogP contribution < -0.4 is 15.0 Å². The molecule has 2 fully saturated rings. The highest BCUT2D eigenvalue weighted by atomic mass is 19.1. The second-order valence-corrected chi connectivity index (χ2v) is 9.74. The first-order valence-corrected chi connectivity index (χ1v) is 12.4. The van der Waals surface area contributed by atoms with E-state index in [1.807, 2.05) is 4.90 Å². The van der Waals surface area contributed by atoms with Gasteiger partial charge in [0.1, 0.15) is 22.9 Å². The first-order valence-electron chi connectivity index (χ1n) is 12.4. The van der Waals surface area contributed by atoms with Gasteiger partial charge in [-0.2, -0.15) is 5.10 Å². The number of carbonyl (C=O) groups excluding carboxylic acids is 2. The summed E-state index contributed by atoms with van der Waals surface area (Å²) in [5.74, 6) is -0.493. The maximum Gasteiger partial charge on any atom is 0.255 e. The number of pyridine rings is 1. The van der Waals surface area contributed by atoms with Crippen molar-refractivity contribution in [3.05, 3.63) is 59.4 Å². The fourth-order valence-electron chi connectivity index (χ4n) is 5.67. The molecule has 0 bridgehead atoms. The molecule has 1 atom stereocenters. The zero-order valence-corrected chi connectivity index (χ0v) is 20.5. The predicted octanol–water partition coefficient (Wildman–Crippen LogP) is 4.84. The van der Waals surface area contributed by atoms with Gasteiger partial charge in [-0.3, -0.25) is 9.59 Å². The Labute approximate surface area is 208 Å². The summed E-state index contributed by atoms with van der Waals surface area (Å²) < 4.78 is 36.9. The molecule has 5 rings (SSSR count). The van der Waals surface area contributed by atoms with Crippen molar-refractivity contribution in [1.82, 2.24) is 14.9 Å². The highest BCUT2D eigenvalue weighted by Gasteiger charge is 2.32.